The first-order valence-corrected chi connectivity index (χ1v) is 4.55. The van der Waals surface area contributed by atoms with Gasteiger partial charge in [-0.25, -0.2) is 8.78 Å². The summed E-state index contributed by atoms with van der Waals surface area (Å²) in [6.07, 6.45) is 0.157. The molecule has 2 nitrogen and oxygen atoms in total. The lowest BCUT2D eigenvalue weighted by Gasteiger charge is -2.20. The lowest BCUT2D eigenvalue weighted by Crippen LogP contribution is -2.28. The first-order chi connectivity index (χ1) is 6.96. The van der Waals surface area contributed by atoms with E-state index in [4.69, 9.17) is 0 Å². The molecule has 0 bridgehead atoms. The number of carbonyl (C=O) groups excluding carboxylic acids is 1. The maximum absolute atomic E-state index is 13.2. The maximum Gasteiger partial charge on any atom is 0.129 e. The van der Waals surface area contributed by atoms with Crippen molar-refractivity contribution in [1.29, 1.82) is 0 Å². The van der Waals surface area contributed by atoms with Gasteiger partial charge < -0.3 is 9.90 Å². The normalized spacial score (nSPS) is 14.7. The van der Waals surface area contributed by atoms with Crippen LogP contribution in [0.3, 0.4) is 0 Å². The summed E-state index contributed by atoms with van der Waals surface area (Å²) in [6, 6.07) is 3.49. The number of hydrogen-bond donors (Lipinski definition) is 1. The SMILES string of the molecule is CC(O)(CC=O)Cc1c(F)cccc1F. The molecule has 0 aromatic heterocycles. The fourth-order valence-corrected chi connectivity index (χ4v) is 1.33. The van der Waals surface area contributed by atoms with Crippen LogP contribution >= 0.6 is 0 Å². The van der Waals surface area contributed by atoms with Gasteiger partial charge in [-0.05, 0) is 19.1 Å². The minimum Gasteiger partial charge on any atom is -0.389 e. The summed E-state index contributed by atoms with van der Waals surface area (Å²) in [5.41, 5.74) is -1.60. The van der Waals surface area contributed by atoms with Crippen LogP contribution in [-0.2, 0) is 11.2 Å². The van der Waals surface area contributed by atoms with Crippen LogP contribution in [-0.4, -0.2) is 17.0 Å². The highest BCUT2D eigenvalue weighted by Crippen LogP contribution is 2.20. The standard InChI is InChI=1S/C11H12F2O2/c1-11(15,5-6-14)7-8-9(12)3-2-4-10(8)13/h2-4,6,15H,5,7H2,1H3. The van der Waals surface area contributed by atoms with Gasteiger partial charge in [-0.15, -0.1) is 0 Å². The molecule has 15 heavy (non-hydrogen) atoms. The van der Waals surface area contributed by atoms with Crippen LogP contribution in [0.1, 0.15) is 18.9 Å². The van der Waals surface area contributed by atoms with Crippen LogP contribution in [0, 0.1) is 11.6 Å². The summed E-state index contributed by atoms with van der Waals surface area (Å²) in [5, 5.41) is 9.65. The van der Waals surface area contributed by atoms with Gasteiger partial charge in [0, 0.05) is 18.4 Å². The fraction of sp³-hybridized carbons (Fsp3) is 0.364. The summed E-state index contributed by atoms with van der Waals surface area (Å²) in [6.45, 7) is 1.37. The van der Waals surface area contributed by atoms with Gasteiger partial charge in [0.05, 0.1) is 5.60 Å². The average Bonchev–Trinajstić information content (AvgIpc) is 2.11. The van der Waals surface area contributed by atoms with Crippen LogP contribution in [0.2, 0.25) is 0 Å². The van der Waals surface area contributed by atoms with Crippen molar-refractivity contribution >= 4 is 6.29 Å². The topological polar surface area (TPSA) is 37.3 Å². The van der Waals surface area contributed by atoms with Crippen LogP contribution in [0.4, 0.5) is 8.78 Å². The molecule has 0 aliphatic carbocycles. The Balaban J connectivity index is 2.93. The van der Waals surface area contributed by atoms with Gasteiger partial charge in [0.25, 0.3) is 0 Å². The second-order valence-corrected chi connectivity index (χ2v) is 3.74. The zero-order chi connectivity index (χ0) is 11.5. The van der Waals surface area contributed by atoms with Crippen molar-refractivity contribution in [1.82, 2.24) is 0 Å². The van der Waals surface area contributed by atoms with E-state index >= 15 is 0 Å². The van der Waals surface area contributed by atoms with Crippen molar-refractivity contribution in [2.75, 3.05) is 0 Å². The molecule has 0 amide bonds. The average molecular weight is 214 g/mol. The molecule has 0 aliphatic rings. The lowest BCUT2D eigenvalue weighted by molar-refractivity contribution is -0.111. The smallest absolute Gasteiger partial charge is 0.129 e. The molecule has 0 radical (unpaired) electrons. The van der Waals surface area contributed by atoms with Crippen molar-refractivity contribution in [2.45, 2.75) is 25.4 Å². The Morgan fingerprint density at radius 2 is 1.93 bits per heavy atom. The molecule has 1 aromatic carbocycles. The molecule has 0 fully saturated rings. The monoisotopic (exact) mass is 214 g/mol. The van der Waals surface area contributed by atoms with Gasteiger partial charge in [0.2, 0.25) is 0 Å². The molecule has 0 saturated carbocycles. The first-order valence-electron chi connectivity index (χ1n) is 4.55. The largest absolute Gasteiger partial charge is 0.389 e. The molecule has 4 heteroatoms. The quantitative estimate of drug-likeness (QED) is 0.776. The molecular weight excluding hydrogens is 202 g/mol. The third kappa shape index (κ3) is 3.09. The molecule has 1 N–H and O–H groups in total. The molecule has 0 spiro atoms. The van der Waals surface area contributed by atoms with E-state index in [0.29, 0.717) is 6.29 Å². The maximum atomic E-state index is 13.2. The Morgan fingerprint density at radius 3 is 2.40 bits per heavy atom. The Bertz CT molecular complexity index is 341. The van der Waals surface area contributed by atoms with Crippen molar-refractivity contribution in [3.05, 3.63) is 35.4 Å². The van der Waals surface area contributed by atoms with Crippen molar-refractivity contribution in [2.24, 2.45) is 0 Å². The Kier molecular flexibility index (Phi) is 3.52. The van der Waals surface area contributed by atoms with Crippen molar-refractivity contribution in [3.8, 4) is 0 Å². The zero-order valence-electron chi connectivity index (χ0n) is 8.34. The van der Waals surface area contributed by atoms with Crippen LogP contribution in [0.15, 0.2) is 18.2 Å². The number of hydrogen-bond acceptors (Lipinski definition) is 2. The van der Waals surface area contributed by atoms with E-state index in [1.54, 1.807) is 0 Å². The Labute approximate surface area is 86.5 Å². The number of benzene rings is 1. The first kappa shape index (κ1) is 11.8. The molecule has 0 saturated heterocycles. The molecular formula is C11H12F2O2. The highest BCUT2D eigenvalue weighted by molar-refractivity contribution is 5.51. The summed E-state index contributed by atoms with van der Waals surface area (Å²) in [7, 11) is 0. The van der Waals surface area contributed by atoms with E-state index < -0.39 is 17.2 Å². The van der Waals surface area contributed by atoms with Gasteiger partial charge in [0.1, 0.15) is 17.9 Å². The number of carbonyl (C=O) groups is 1. The number of aliphatic hydroxyl groups is 1. The van der Waals surface area contributed by atoms with Crippen LogP contribution < -0.4 is 0 Å². The second-order valence-electron chi connectivity index (χ2n) is 3.74. The van der Waals surface area contributed by atoms with Gasteiger partial charge in [-0.1, -0.05) is 6.07 Å². The van der Waals surface area contributed by atoms with Gasteiger partial charge in [-0.3, -0.25) is 0 Å². The number of halogens is 2. The molecule has 1 rings (SSSR count). The summed E-state index contributed by atoms with van der Waals surface area (Å²) in [5.74, 6) is -1.41. The van der Waals surface area contributed by atoms with Crippen molar-refractivity contribution in [3.63, 3.8) is 0 Å². The highest BCUT2D eigenvalue weighted by atomic mass is 19.1. The van der Waals surface area contributed by atoms with Crippen molar-refractivity contribution < 1.29 is 18.7 Å². The predicted octanol–water partition coefficient (Wildman–Crippen LogP) is 1.85. The minimum atomic E-state index is -1.41. The third-order valence-corrected chi connectivity index (χ3v) is 2.14. The van der Waals surface area contributed by atoms with Crippen LogP contribution in [0.5, 0.6) is 0 Å². The number of rotatable bonds is 4. The molecule has 0 aliphatic heterocycles. The summed E-state index contributed by atoms with van der Waals surface area (Å²) in [4.78, 5) is 10.2. The molecule has 82 valence electrons. The minimum absolute atomic E-state index is 0.152. The molecule has 1 unspecified atom stereocenters. The summed E-state index contributed by atoms with van der Waals surface area (Å²) < 4.78 is 26.4. The zero-order valence-corrected chi connectivity index (χ0v) is 8.34. The van der Waals surface area contributed by atoms with E-state index in [0.717, 1.165) is 12.1 Å². The van der Waals surface area contributed by atoms with E-state index in [9.17, 15) is 18.7 Å². The number of aldehydes is 1. The Morgan fingerprint density at radius 1 is 1.40 bits per heavy atom. The van der Waals surface area contributed by atoms with Crippen LogP contribution in [0.25, 0.3) is 0 Å². The highest BCUT2D eigenvalue weighted by Gasteiger charge is 2.24. The van der Waals surface area contributed by atoms with E-state index in [-0.39, 0.29) is 18.4 Å². The molecule has 1 aromatic rings. The summed E-state index contributed by atoms with van der Waals surface area (Å²) >= 11 is 0. The lowest BCUT2D eigenvalue weighted by atomic mass is 9.93. The van der Waals surface area contributed by atoms with Gasteiger partial charge in [0.15, 0.2) is 0 Å². The predicted molar refractivity (Wildman–Crippen MR) is 51.4 cm³/mol. The van der Waals surface area contributed by atoms with E-state index in [2.05, 4.69) is 0 Å². The third-order valence-electron chi connectivity index (χ3n) is 2.14. The Hall–Kier alpha value is -1.29. The second kappa shape index (κ2) is 4.49. The van der Waals surface area contributed by atoms with Gasteiger partial charge in [-0.2, -0.15) is 0 Å². The van der Waals surface area contributed by atoms with E-state index in [1.165, 1.54) is 13.0 Å². The fourth-order valence-electron chi connectivity index (χ4n) is 1.33. The van der Waals surface area contributed by atoms with E-state index in [1.807, 2.05) is 0 Å². The molecule has 1 atom stereocenters. The molecule has 0 heterocycles. The van der Waals surface area contributed by atoms with Gasteiger partial charge >= 0.3 is 0 Å².